The van der Waals surface area contributed by atoms with Crippen molar-refractivity contribution < 1.29 is 9.47 Å². The first-order valence-corrected chi connectivity index (χ1v) is 11.3. The minimum atomic E-state index is 0. The Morgan fingerprint density at radius 2 is 1.93 bits per heavy atom. The Morgan fingerprint density at radius 1 is 1.17 bits per heavy atom. The van der Waals surface area contributed by atoms with E-state index in [1.165, 1.54) is 32.7 Å². The van der Waals surface area contributed by atoms with E-state index < -0.39 is 0 Å². The molecule has 2 saturated heterocycles. The maximum Gasteiger partial charge on any atom is 0.191 e. The topological polar surface area (TPSA) is 61.4 Å². The second kappa shape index (κ2) is 16.5. The summed E-state index contributed by atoms with van der Waals surface area (Å²) in [4.78, 5) is 9.90. The minimum absolute atomic E-state index is 0. The van der Waals surface area contributed by atoms with Crippen LogP contribution in [0.15, 0.2) is 4.99 Å². The molecule has 2 fully saturated rings. The quantitative estimate of drug-likeness (QED) is 0.176. The zero-order chi connectivity index (χ0) is 20.0. The lowest BCUT2D eigenvalue weighted by Crippen LogP contribution is -2.47. The highest BCUT2D eigenvalue weighted by atomic mass is 127. The third-order valence-electron chi connectivity index (χ3n) is 5.52. The molecular formula is C21H44IN5O2. The summed E-state index contributed by atoms with van der Waals surface area (Å²) < 4.78 is 11.1. The Labute approximate surface area is 195 Å². The molecule has 2 rings (SSSR count). The maximum atomic E-state index is 5.77. The van der Waals surface area contributed by atoms with Crippen molar-refractivity contribution in [1.29, 1.82) is 0 Å². The number of hydrogen-bond acceptors (Lipinski definition) is 5. The molecule has 2 aliphatic rings. The van der Waals surface area contributed by atoms with Crippen molar-refractivity contribution in [3.8, 4) is 0 Å². The predicted molar refractivity (Wildman–Crippen MR) is 131 cm³/mol. The van der Waals surface area contributed by atoms with E-state index in [1.54, 1.807) is 0 Å². The third kappa shape index (κ3) is 11.7. The van der Waals surface area contributed by atoms with Crippen LogP contribution in [0.3, 0.4) is 0 Å². The van der Waals surface area contributed by atoms with Crippen molar-refractivity contribution in [1.82, 2.24) is 20.4 Å². The zero-order valence-electron chi connectivity index (χ0n) is 18.8. The van der Waals surface area contributed by atoms with Crippen LogP contribution in [0.5, 0.6) is 0 Å². The van der Waals surface area contributed by atoms with Crippen molar-refractivity contribution in [2.24, 2.45) is 16.8 Å². The Balaban J connectivity index is 0.00000420. The molecule has 2 aliphatic heterocycles. The number of piperazine rings is 1. The van der Waals surface area contributed by atoms with E-state index in [9.17, 15) is 0 Å². The number of guanidine groups is 1. The molecule has 29 heavy (non-hydrogen) atoms. The number of likely N-dealkylation sites (N-methyl/N-ethyl adjacent to an activating group) is 1. The van der Waals surface area contributed by atoms with E-state index in [0.29, 0.717) is 11.8 Å². The number of nitrogens with one attached hydrogen (secondary N) is 2. The zero-order valence-corrected chi connectivity index (χ0v) is 21.2. The molecule has 0 bridgehead atoms. The van der Waals surface area contributed by atoms with Crippen LogP contribution in [0.25, 0.3) is 0 Å². The van der Waals surface area contributed by atoms with Gasteiger partial charge >= 0.3 is 0 Å². The van der Waals surface area contributed by atoms with E-state index in [4.69, 9.17) is 14.5 Å². The summed E-state index contributed by atoms with van der Waals surface area (Å²) in [6, 6.07) is 0. The molecule has 0 saturated carbocycles. The molecule has 172 valence electrons. The van der Waals surface area contributed by atoms with Gasteiger partial charge in [0.25, 0.3) is 0 Å². The van der Waals surface area contributed by atoms with Gasteiger partial charge in [0.15, 0.2) is 5.96 Å². The summed E-state index contributed by atoms with van der Waals surface area (Å²) in [7, 11) is 0. The molecule has 2 unspecified atom stereocenters. The minimum Gasteiger partial charge on any atom is -0.381 e. The van der Waals surface area contributed by atoms with Gasteiger partial charge in [0.05, 0.1) is 13.2 Å². The van der Waals surface area contributed by atoms with Crippen molar-refractivity contribution in [2.75, 3.05) is 85.3 Å². The highest BCUT2D eigenvalue weighted by Gasteiger charge is 2.17. The molecule has 2 N–H and O–H groups in total. The summed E-state index contributed by atoms with van der Waals surface area (Å²) in [5.74, 6) is 2.09. The molecule has 0 aromatic heterocycles. The average molecular weight is 526 g/mol. The molecule has 0 amide bonds. The molecule has 0 spiro atoms. The standard InChI is InChI=1S/C21H43N5O2.HI/c1-4-22-21(23-8-6-13-27-17-20-7-14-28-18-20)24-15-19(3)16-26-11-9-25(5-2)10-12-26;/h19-20H,4-18H2,1-3H3,(H2,22,23,24);1H. The van der Waals surface area contributed by atoms with E-state index in [-0.39, 0.29) is 24.0 Å². The average Bonchev–Trinajstić information content (AvgIpc) is 3.22. The summed E-state index contributed by atoms with van der Waals surface area (Å²) in [5.41, 5.74) is 0. The molecule has 0 radical (unpaired) electrons. The molecule has 0 aromatic rings. The lowest BCUT2D eigenvalue weighted by Gasteiger charge is -2.35. The fraction of sp³-hybridized carbons (Fsp3) is 0.952. The van der Waals surface area contributed by atoms with Crippen LogP contribution in [-0.2, 0) is 9.47 Å². The smallest absolute Gasteiger partial charge is 0.191 e. The van der Waals surface area contributed by atoms with Crippen LogP contribution in [0.2, 0.25) is 0 Å². The number of aliphatic imine (C=N–C) groups is 1. The monoisotopic (exact) mass is 525 g/mol. The van der Waals surface area contributed by atoms with Gasteiger partial charge in [0.1, 0.15) is 0 Å². The number of ether oxygens (including phenoxy) is 2. The molecule has 0 aliphatic carbocycles. The highest BCUT2D eigenvalue weighted by Crippen LogP contribution is 2.12. The van der Waals surface area contributed by atoms with Crippen molar-refractivity contribution in [2.45, 2.75) is 33.6 Å². The first-order valence-electron chi connectivity index (χ1n) is 11.3. The molecule has 0 aromatic carbocycles. The molecule has 8 heteroatoms. The van der Waals surface area contributed by atoms with Gasteiger partial charge in [0, 0.05) is 71.5 Å². The molecule has 7 nitrogen and oxygen atoms in total. The fourth-order valence-corrected chi connectivity index (χ4v) is 3.72. The van der Waals surface area contributed by atoms with Gasteiger partial charge in [-0.05, 0) is 32.2 Å². The summed E-state index contributed by atoms with van der Waals surface area (Å²) >= 11 is 0. The first kappa shape index (κ1) is 26.9. The van der Waals surface area contributed by atoms with Gasteiger partial charge in [0.2, 0.25) is 0 Å². The van der Waals surface area contributed by atoms with E-state index in [2.05, 4.69) is 41.2 Å². The van der Waals surface area contributed by atoms with Crippen LogP contribution in [0, 0.1) is 11.8 Å². The third-order valence-corrected chi connectivity index (χ3v) is 5.52. The van der Waals surface area contributed by atoms with E-state index in [1.807, 2.05) is 0 Å². The largest absolute Gasteiger partial charge is 0.381 e. The van der Waals surface area contributed by atoms with Crippen molar-refractivity contribution in [3.63, 3.8) is 0 Å². The van der Waals surface area contributed by atoms with Crippen LogP contribution < -0.4 is 10.6 Å². The van der Waals surface area contributed by atoms with Crippen LogP contribution in [-0.4, -0.2) is 101 Å². The number of halogens is 1. The Kier molecular flexibility index (Phi) is 15.3. The van der Waals surface area contributed by atoms with Crippen LogP contribution in [0.1, 0.15) is 33.6 Å². The Hall–Kier alpha value is -0.160. The summed E-state index contributed by atoms with van der Waals surface area (Å²) in [6.45, 7) is 19.8. The van der Waals surface area contributed by atoms with Gasteiger partial charge in [-0.15, -0.1) is 24.0 Å². The lowest BCUT2D eigenvalue weighted by molar-refractivity contribution is 0.0888. The van der Waals surface area contributed by atoms with Crippen molar-refractivity contribution >= 4 is 29.9 Å². The normalized spacial score (nSPS) is 22.3. The van der Waals surface area contributed by atoms with Gasteiger partial charge in [-0.2, -0.15) is 0 Å². The molecule has 2 heterocycles. The second-order valence-corrected chi connectivity index (χ2v) is 8.14. The van der Waals surface area contributed by atoms with Crippen LogP contribution >= 0.6 is 24.0 Å². The van der Waals surface area contributed by atoms with E-state index >= 15 is 0 Å². The molecular weight excluding hydrogens is 481 g/mol. The molecule has 2 atom stereocenters. The van der Waals surface area contributed by atoms with Gasteiger partial charge in [-0.3, -0.25) is 4.99 Å². The second-order valence-electron chi connectivity index (χ2n) is 8.14. The number of rotatable bonds is 12. The summed E-state index contributed by atoms with van der Waals surface area (Å²) in [6.07, 6.45) is 2.14. The SMILES string of the molecule is CCNC(=NCC(C)CN1CCN(CC)CC1)NCCCOCC1CCOC1.I. The van der Waals surface area contributed by atoms with Crippen LogP contribution in [0.4, 0.5) is 0 Å². The maximum absolute atomic E-state index is 5.77. The predicted octanol–water partition coefficient (Wildman–Crippen LogP) is 1.88. The van der Waals surface area contributed by atoms with Gasteiger partial charge < -0.3 is 29.9 Å². The first-order chi connectivity index (χ1) is 13.7. The number of nitrogens with zero attached hydrogens (tertiary/aromatic N) is 3. The van der Waals surface area contributed by atoms with Gasteiger partial charge in [-0.1, -0.05) is 13.8 Å². The summed E-state index contributed by atoms with van der Waals surface area (Å²) in [5, 5.41) is 6.79. The number of hydrogen-bond donors (Lipinski definition) is 2. The van der Waals surface area contributed by atoms with Gasteiger partial charge in [-0.25, -0.2) is 0 Å². The highest BCUT2D eigenvalue weighted by molar-refractivity contribution is 14.0. The Morgan fingerprint density at radius 3 is 2.59 bits per heavy atom. The Bertz CT molecular complexity index is 427. The lowest BCUT2D eigenvalue weighted by atomic mass is 10.1. The fourth-order valence-electron chi connectivity index (χ4n) is 3.72. The van der Waals surface area contributed by atoms with E-state index in [0.717, 1.165) is 71.4 Å². The van der Waals surface area contributed by atoms with Crippen molar-refractivity contribution in [3.05, 3.63) is 0 Å².